The van der Waals surface area contributed by atoms with Crippen molar-refractivity contribution in [2.75, 3.05) is 33.8 Å². The van der Waals surface area contributed by atoms with Crippen LogP contribution < -0.4 is 15.4 Å². The Morgan fingerprint density at radius 1 is 1.19 bits per heavy atom. The highest BCUT2D eigenvalue weighted by Gasteiger charge is 2.27. The summed E-state index contributed by atoms with van der Waals surface area (Å²) in [5.41, 5.74) is 3.33. The molecule has 0 unspecified atom stereocenters. The molecule has 0 atom stereocenters. The van der Waals surface area contributed by atoms with Crippen LogP contribution in [0.5, 0.6) is 5.75 Å². The first kappa shape index (κ1) is 26.7. The summed E-state index contributed by atoms with van der Waals surface area (Å²) in [6.07, 6.45) is 0.666. The molecule has 2 N–H and O–H groups in total. The Balaban J connectivity index is 1.33. The van der Waals surface area contributed by atoms with E-state index in [1.54, 1.807) is 26.0 Å². The van der Waals surface area contributed by atoms with Gasteiger partial charge in [-0.3, -0.25) is 9.79 Å². The molecular formula is C25H30N6O4S2. The van der Waals surface area contributed by atoms with Crippen LogP contribution in [0.4, 0.5) is 0 Å². The third-order valence-corrected chi connectivity index (χ3v) is 8.83. The second-order valence-electron chi connectivity index (χ2n) is 8.73. The maximum Gasteiger partial charge on any atom is 0.281 e. The largest absolute Gasteiger partial charge is 0.497 e. The van der Waals surface area contributed by atoms with Crippen molar-refractivity contribution in [1.29, 1.82) is 0 Å². The summed E-state index contributed by atoms with van der Waals surface area (Å²) in [5, 5.41) is 6.30. The predicted molar refractivity (Wildman–Crippen MR) is 143 cm³/mol. The van der Waals surface area contributed by atoms with Gasteiger partial charge in [-0.1, -0.05) is 24.3 Å². The number of hydrogen-bond acceptors (Lipinski definition) is 9. The van der Waals surface area contributed by atoms with Crippen molar-refractivity contribution in [3.8, 4) is 5.75 Å². The van der Waals surface area contributed by atoms with Gasteiger partial charge >= 0.3 is 0 Å². The van der Waals surface area contributed by atoms with E-state index in [1.165, 1.54) is 18.5 Å². The van der Waals surface area contributed by atoms with Crippen molar-refractivity contribution in [2.45, 2.75) is 31.7 Å². The number of benzene rings is 2. The molecule has 2 aromatic carbocycles. The Bertz CT molecular complexity index is 1390. The summed E-state index contributed by atoms with van der Waals surface area (Å²) in [6.45, 7) is 5.51. The molecule has 10 nitrogen and oxygen atoms in total. The minimum absolute atomic E-state index is 0.0521. The summed E-state index contributed by atoms with van der Waals surface area (Å²) >= 11 is 0.948. The molecule has 0 saturated carbocycles. The molecule has 12 heteroatoms. The summed E-state index contributed by atoms with van der Waals surface area (Å²) in [7, 11) is -0.785. The van der Waals surface area contributed by atoms with Gasteiger partial charge in [-0.2, -0.15) is 8.68 Å². The number of nitrogens with one attached hydrogen (secondary N) is 2. The molecule has 0 aliphatic carbocycles. The molecule has 2 heterocycles. The van der Waals surface area contributed by atoms with Gasteiger partial charge in [-0.15, -0.1) is 0 Å². The Morgan fingerprint density at radius 3 is 2.51 bits per heavy atom. The van der Waals surface area contributed by atoms with Crippen molar-refractivity contribution in [3.05, 3.63) is 69.5 Å². The monoisotopic (exact) mass is 542 g/mol. The third kappa shape index (κ3) is 6.14. The van der Waals surface area contributed by atoms with E-state index < -0.39 is 10.0 Å². The maximum absolute atomic E-state index is 13.2. The number of nitrogens with zero attached hydrogens (tertiary/aromatic N) is 4. The van der Waals surface area contributed by atoms with Crippen LogP contribution in [-0.4, -0.2) is 67.6 Å². The van der Waals surface area contributed by atoms with Gasteiger partial charge in [0.15, 0.2) is 5.82 Å². The van der Waals surface area contributed by atoms with Crippen molar-refractivity contribution < 1.29 is 17.9 Å². The Labute approximate surface area is 221 Å². The maximum atomic E-state index is 13.2. The van der Waals surface area contributed by atoms with E-state index in [1.807, 2.05) is 24.3 Å². The van der Waals surface area contributed by atoms with Gasteiger partial charge in [0, 0.05) is 25.7 Å². The lowest BCUT2D eigenvalue weighted by molar-refractivity contribution is 0.0953. The van der Waals surface area contributed by atoms with Crippen molar-refractivity contribution in [3.63, 3.8) is 0 Å². The normalized spacial score (nSPS) is 13.4. The second-order valence-corrected chi connectivity index (χ2v) is 11.5. The number of hydrogen-bond donors (Lipinski definition) is 2. The molecular weight excluding hydrogens is 512 g/mol. The summed E-state index contributed by atoms with van der Waals surface area (Å²) < 4.78 is 37.1. The third-order valence-electron chi connectivity index (χ3n) is 5.97. The first-order chi connectivity index (χ1) is 17.7. The van der Waals surface area contributed by atoms with Crippen molar-refractivity contribution in [2.24, 2.45) is 4.99 Å². The van der Waals surface area contributed by atoms with E-state index in [-0.39, 0.29) is 28.2 Å². The van der Waals surface area contributed by atoms with E-state index in [0.29, 0.717) is 29.8 Å². The SMILES string of the molecule is COc1cc(C)c(S(=O)(=O)N(C)Cc2nsc(C(=O)NCCc3ccc(C4=NCCN4)cc3)n2)c(C)c1. The van der Waals surface area contributed by atoms with E-state index in [0.717, 1.165) is 41.6 Å². The average molecular weight is 543 g/mol. The lowest BCUT2D eigenvalue weighted by Gasteiger charge is -2.19. The summed E-state index contributed by atoms with van der Waals surface area (Å²) in [6, 6.07) is 11.5. The van der Waals surface area contributed by atoms with Gasteiger partial charge in [0.05, 0.1) is 25.1 Å². The van der Waals surface area contributed by atoms with Crippen molar-refractivity contribution in [1.82, 2.24) is 24.3 Å². The highest BCUT2D eigenvalue weighted by Crippen LogP contribution is 2.28. The van der Waals surface area contributed by atoms with Gasteiger partial charge in [0.1, 0.15) is 11.6 Å². The number of amides is 1. The van der Waals surface area contributed by atoms with Gasteiger partial charge in [0.25, 0.3) is 5.91 Å². The fourth-order valence-corrected chi connectivity index (χ4v) is 6.22. The molecule has 37 heavy (non-hydrogen) atoms. The zero-order chi connectivity index (χ0) is 26.6. The summed E-state index contributed by atoms with van der Waals surface area (Å²) in [4.78, 5) is 21.5. The zero-order valence-corrected chi connectivity index (χ0v) is 22.9. The molecule has 196 valence electrons. The topological polar surface area (TPSA) is 126 Å². The minimum Gasteiger partial charge on any atom is -0.497 e. The van der Waals surface area contributed by atoms with Crippen molar-refractivity contribution >= 4 is 33.3 Å². The smallest absolute Gasteiger partial charge is 0.281 e. The number of amidine groups is 1. The van der Waals surface area contributed by atoms with Crippen LogP contribution in [0.25, 0.3) is 0 Å². The van der Waals surface area contributed by atoms with Crippen LogP contribution >= 0.6 is 11.5 Å². The molecule has 1 aliphatic heterocycles. The standard InChI is InChI=1S/C25H30N6O4S2/c1-16-13-20(35-4)14-17(2)22(16)37(33,34)31(3)15-21-29-25(36-30-21)24(32)28-10-9-18-5-7-19(8-6-18)23-26-11-12-27-23/h5-8,13-14H,9-12,15H2,1-4H3,(H,26,27)(H,28,32). The molecule has 1 aromatic heterocycles. The van der Waals surface area contributed by atoms with Crippen LogP contribution in [0.15, 0.2) is 46.3 Å². The average Bonchev–Trinajstić information content (AvgIpc) is 3.56. The molecule has 3 aromatic rings. The molecule has 0 saturated heterocycles. The Morgan fingerprint density at radius 2 is 1.89 bits per heavy atom. The van der Waals surface area contributed by atoms with E-state index in [9.17, 15) is 13.2 Å². The Kier molecular flexibility index (Phi) is 8.20. The lowest BCUT2D eigenvalue weighted by atomic mass is 10.1. The fourth-order valence-electron chi connectivity index (χ4n) is 4.10. The fraction of sp³-hybridized carbons (Fsp3) is 0.360. The molecule has 0 fully saturated rings. The molecule has 0 spiro atoms. The molecule has 1 aliphatic rings. The van der Waals surface area contributed by atoms with Crippen LogP contribution in [0.3, 0.4) is 0 Å². The van der Waals surface area contributed by atoms with Crippen LogP contribution in [0, 0.1) is 13.8 Å². The zero-order valence-electron chi connectivity index (χ0n) is 21.2. The number of aliphatic imine (C=N–C) groups is 1. The number of ether oxygens (including phenoxy) is 1. The second kappa shape index (κ2) is 11.4. The number of carbonyl (C=O) groups is 1. The lowest BCUT2D eigenvalue weighted by Crippen LogP contribution is -2.28. The van der Waals surface area contributed by atoms with E-state index >= 15 is 0 Å². The van der Waals surface area contributed by atoms with Gasteiger partial charge in [-0.25, -0.2) is 13.4 Å². The van der Waals surface area contributed by atoms with Gasteiger partial charge in [-0.05, 0) is 60.6 Å². The highest BCUT2D eigenvalue weighted by atomic mass is 32.2. The van der Waals surface area contributed by atoms with Crippen LogP contribution in [0.2, 0.25) is 0 Å². The summed E-state index contributed by atoms with van der Waals surface area (Å²) in [5.74, 6) is 1.45. The van der Waals surface area contributed by atoms with E-state index in [2.05, 4.69) is 25.0 Å². The minimum atomic E-state index is -3.80. The van der Waals surface area contributed by atoms with E-state index in [4.69, 9.17) is 4.74 Å². The quantitative estimate of drug-likeness (QED) is 0.403. The predicted octanol–water partition coefficient (Wildman–Crippen LogP) is 2.31. The molecule has 0 bridgehead atoms. The molecule has 1 amide bonds. The number of rotatable bonds is 10. The number of methoxy groups -OCH3 is 1. The number of aryl methyl sites for hydroxylation is 2. The molecule has 4 rings (SSSR count). The van der Waals surface area contributed by atoms with Crippen LogP contribution in [0.1, 0.15) is 37.9 Å². The van der Waals surface area contributed by atoms with Gasteiger partial charge < -0.3 is 15.4 Å². The van der Waals surface area contributed by atoms with Gasteiger partial charge in [0.2, 0.25) is 15.0 Å². The first-order valence-corrected chi connectivity index (χ1v) is 14.0. The first-order valence-electron chi connectivity index (χ1n) is 11.8. The number of carbonyl (C=O) groups excluding carboxylic acids is 1. The van der Waals surface area contributed by atoms with Crippen LogP contribution in [-0.2, 0) is 23.0 Å². The Hall–Kier alpha value is -3.35. The number of sulfonamides is 1. The molecule has 0 radical (unpaired) electrons. The number of aromatic nitrogens is 2. The highest BCUT2D eigenvalue weighted by molar-refractivity contribution is 7.89.